The molecule has 0 saturated carbocycles. The molecule has 0 radical (unpaired) electrons. The van der Waals surface area contributed by atoms with Crippen molar-refractivity contribution in [2.75, 3.05) is 24.5 Å². The third-order valence-electron chi connectivity index (χ3n) is 5.08. The van der Waals surface area contributed by atoms with Crippen LogP contribution in [0.3, 0.4) is 0 Å². The van der Waals surface area contributed by atoms with Gasteiger partial charge in [0.15, 0.2) is 0 Å². The lowest BCUT2D eigenvalue weighted by atomic mass is 10.1. The van der Waals surface area contributed by atoms with Crippen LogP contribution in [0.25, 0.3) is 0 Å². The Hall–Kier alpha value is -3.39. The number of nitrogens with zero attached hydrogens (tertiary/aromatic N) is 2. The van der Waals surface area contributed by atoms with Crippen molar-refractivity contribution in [2.45, 2.75) is 25.3 Å². The van der Waals surface area contributed by atoms with Crippen LogP contribution in [0.15, 0.2) is 77.7 Å². The molecule has 3 aromatic carbocycles. The number of anilines is 1. The molecule has 3 rings (SSSR count). The number of rotatable bonds is 9. The third kappa shape index (κ3) is 6.10. The van der Waals surface area contributed by atoms with Crippen LogP contribution in [-0.4, -0.2) is 39.4 Å². The number of amides is 1. The van der Waals surface area contributed by atoms with Crippen molar-refractivity contribution in [2.24, 2.45) is 0 Å². The predicted molar refractivity (Wildman–Crippen MR) is 126 cm³/mol. The molecule has 0 heterocycles. The molecular weight excluding hydrogens is 443 g/mol. The monoisotopic (exact) mass is 470 g/mol. The molecule has 0 bridgehead atoms. The summed E-state index contributed by atoms with van der Waals surface area (Å²) in [5.74, 6) is -0.354. The first-order chi connectivity index (χ1) is 15.7. The standard InChI is InChI=1S/C25H27FN2O4S/c1-4-32-23-13-15-24(16-14-23)33(30,31)28(22-11-9-21(26)10-12-22)18-25(29)27(3)17-20-7-5-19(2)6-8-20/h5-16H,4,17-18H2,1-3H3. The van der Waals surface area contributed by atoms with E-state index in [2.05, 4.69) is 0 Å². The quantitative estimate of drug-likeness (QED) is 0.465. The van der Waals surface area contributed by atoms with Gasteiger partial charge in [-0.2, -0.15) is 0 Å². The van der Waals surface area contributed by atoms with Crippen LogP contribution in [0.1, 0.15) is 18.1 Å². The Balaban J connectivity index is 1.88. The van der Waals surface area contributed by atoms with Gasteiger partial charge in [0.25, 0.3) is 10.0 Å². The first-order valence-electron chi connectivity index (χ1n) is 10.5. The van der Waals surface area contributed by atoms with Crippen LogP contribution in [0.2, 0.25) is 0 Å². The second-order valence-electron chi connectivity index (χ2n) is 7.63. The normalized spacial score (nSPS) is 11.2. The lowest BCUT2D eigenvalue weighted by Crippen LogP contribution is -2.41. The van der Waals surface area contributed by atoms with Crippen molar-refractivity contribution in [3.8, 4) is 5.75 Å². The molecule has 0 fully saturated rings. The topological polar surface area (TPSA) is 66.9 Å². The molecule has 0 unspecified atom stereocenters. The number of hydrogen-bond acceptors (Lipinski definition) is 4. The second-order valence-corrected chi connectivity index (χ2v) is 9.49. The highest BCUT2D eigenvalue weighted by atomic mass is 32.2. The Morgan fingerprint density at radius 2 is 1.55 bits per heavy atom. The van der Waals surface area contributed by atoms with Crippen molar-refractivity contribution < 1.29 is 22.3 Å². The number of benzene rings is 3. The van der Waals surface area contributed by atoms with Gasteiger partial charge in [-0.25, -0.2) is 12.8 Å². The van der Waals surface area contributed by atoms with Gasteiger partial charge in [-0.05, 0) is 67.9 Å². The van der Waals surface area contributed by atoms with Gasteiger partial charge < -0.3 is 9.64 Å². The molecule has 0 spiro atoms. The van der Waals surface area contributed by atoms with Crippen molar-refractivity contribution in [3.05, 3.63) is 89.7 Å². The first kappa shape index (κ1) is 24.3. The molecule has 1 amide bonds. The van der Waals surface area contributed by atoms with Crippen molar-refractivity contribution in [1.29, 1.82) is 0 Å². The van der Waals surface area contributed by atoms with E-state index in [1.807, 2.05) is 38.1 Å². The summed E-state index contributed by atoms with van der Waals surface area (Å²) in [5, 5.41) is 0. The molecule has 0 aliphatic heterocycles. The minimum Gasteiger partial charge on any atom is -0.494 e. The molecule has 6 nitrogen and oxygen atoms in total. The van der Waals surface area contributed by atoms with Crippen molar-refractivity contribution in [3.63, 3.8) is 0 Å². The summed E-state index contributed by atoms with van der Waals surface area (Å²) < 4.78 is 46.8. The lowest BCUT2D eigenvalue weighted by molar-refractivity contribution is -0.128. The van der Waals surface area contributed by atoms with Gasteiger partial charge in [0, 0.05) is 13.6 Å². The summed E-state index contributed by atoms with van der Waals surface area (Å²) in [6, 6.07) is 18.7. The lowest BCUT2D eigenvalue weighted by Gasteiger charge is -2.27. The predicted octanol–water partition coefficient (Wildman–Crippen LogP) is 4.39. The largest absolute Gasteiger partial charge is 0.494 e. The summed E-state index contributed by atoms with van der Waals surface area (Å²) in [4.78, 5) is 14.5. The van der Waals surface area contributed by atoms with Gasteiger partial charge in [0.1, 0.15) is 18.1 Å². The number of ether oxygens (including phenoxy) is 1. The molecule has 8 heteroatoms. The summed E-state index contributed by atoms with van der Waals surface area (Å²) in [7, 11) is -2.48. The number of aryl methyl sites for hydroxylation is 1. The zero-order chi connectivity index (χ0) is 24.0. The molecule has 0 atom stereocenters. The summed E-state index contributed by atoms with van der Waals surface area (Å²) in [6.07, 6.45) is 0. The highest BCUT2D eigenvalue weighted by Crippen LogP contribution is 2.26. The first-order valence-corrected chi connectivity index (χ1v) is 12.0. The Kier molecular flexibility index (Phi) is 7.71. The van der Waals surface area contributed by atoms with E-state index in [1.165, 1.54) is 29.2 Å². The Morgan fingerprint density at radius 3 is 2.12 bits per heavy atom. The maximum absolute atomic E-state index is 13.5. The fraction of sp³-hybridized carbons (Fsp3) is 0.240. The number of sulfonamides is 1. The fourth-order valence-electron chi connectivity index (χ4n) is 3.22. The van der Waals surface area contributed by atoms with Gasteiger partial charge in [0.05, 0.1) is 17.2 Å². The van der Waals surface area contributed by atoms with Crippen molar-refractivity contribution >= 4 is 21.6 Å². The maximum Gasteiger partial charge on any atom is 0.264 e. The average Bonchev–Trinajstić information content (AvgIpc) is 2.80. The van der Waals surface area contributed by atoms with E-state index in [0.29, 0.717) is 18.9 Å². The van der Waals surface area contributed by atoms with Gasteiger partial charge >= 0.3 is 0 Å². The van der Waals surface area contributed by atoms with Gasteiger partial charge in [-0.3, -0.25) is 9.10 Å². The number of likely N-dealkylation sites (N-methyl/N-ethyl adjacent to an activating group) is 1. The average molecular weight is 471 g/mol. The smallest absolute Gasteiger partial charge is 0.264 e. The molecule has 174 valence electrons. The van der Waals surface area contributed by atoms with E-state index in [1.54, 1.807) is 19.2 Å². The molecule has 0 aliphatic carbocycles. The number of carbonyl (C=O) groups excluding carboxylic acids is 1. The van der Waals surface area contributed by atoms with Gasteiger partial charge in [0.2, 0.25) is 5.91 Å². The van der Waals surface area contributed by atoms with E-state index in [4.69, 9.17) is 4.74 Å². The molecular formula is C25H27FN2O4S. The molecule has 0 saturated heterocycles. The van der Waals surface area contributed by atoms with E-state index in [-0.39, 0.29) is 10.6 Å². The Bertz CT molecular complexity index is 1180. The van der Waals surface area contributed by atoms with E-state index in [9.17, 15) is 17.6 Å². The maximum atomic E-state index is 13.5. The van der Waals surface area contributed by atoms with Crippen LogP contribution < -0.4 is 9.04 Å². The number of hydrogen-bond donors (Lipinski definition) is 0. The van der Waals surface area contributed by atoms with Gasteiger partial charge in [-0.15, -0.1) is 0 Å². The van der Waals surface area contributed by atoms with E-state index < -0.39 is 28.3 Å². The van der Waals surface area contributed by atoms with Crippen LogP contribution in [0, 0.1) is 12.7 Å². The van der Waals surface area contributed by atoms with E-state index >= 15 is 0 Å². The minimum atomic E-state index is -4.10. The number of halogens is 1. The SMILES string of the molecule is CCOc1ccc(S(=O)(=O)N(CC(=O)N(C)Cc2ccc(C)cc2)c2ccc(F)cc2)cc1. The number of carbonyl (C=O) groups is 1. The molecule has 0 N–H and O–H groups in total. The van der Waals surface area contributed by atoms with Crippen molar-refractivity contribution in [1.82, 2.24) is 4.90 Å². The molecule has 33 heavy (non-hydrogen) atoms. The summed E-state index contributed by atoms with van der Waals surface area (Å²) in [5.41, 5.74) is 2.23. The molecule has 0 aliphatic rings. The Labute approximate surface area is 194 Å². The van der Waals surface area contributed by atoms with Gasteiger partial charge in [-0.1, -0.05) is 29.8 Å². The summed E-state index contributed by atoms with van der Waals surface area (Å²) in [6.45, 7) is 4.17. The highest BCUT2D eigenvalue weighted by molar-refractivity contribution is 7.92. The van der Waals surface area contributed by atoms with Crippen LogP contribution in [-0.2, 0) is 21.4 Å². The zero-order valence-corrected chi connectivity index (χ0v) is 19.7. The fourth-order valence-corrected chi connectivity index (χ4v) is 4.64. The minimum absolute atomic E-state index is 0.00395. The van der Waals surface area contributed by atoms with E-state index in [0.717, 1.165) is 27.6 Å². The summed E-state index contributed by atoms with van der Waals surface area (Å²) >= 11 is 0. The third-order valence-corrected chi connectivity index (χ3v) is 6.87. The Morgan fingerprint density at radius 1 is 0.939 bits per heavy atom. The molecule has 0 aromatic heterocycles. The molecule has 3 aromatic rings. The second kappa shape index (κ2) is 10.5. The highest BCUT2D eigenvalue weighted by Gasteiger charge is 2.28. The van der Waals surface area contributed by atoms with Crippen LogP contribution in [0.5, 0.6) is 5.75 Å². The van der Waals surface area contributed by atoms with Crippen LogP contribution >= 0.6 is 0 Å². The zero-order valence-electron chi connectivity index (χ0n) is 18.9. The van der Waals surface area contributed by atoms with Crippen LogP contribution in [0.4, 0.5) is 10.1 Å².